The molecule has 1 aliphatic rings. The van der Waals surface area contributed by atoms with Crippen LogP contribution in [0.25, 0.3) is 0 Å². The van der Waals surface area contributed by atoms with E-state index in [4.69, 9.17) is 11.2 Å². The molecule has 1 heterocycles. The highest BCUT2D eigenvalue weighted by atomic mass is 16.5. The fourth-order valence-corrected chi connectivity index (χ4v) is 2.15. The zero-order chi connectivity index (χ0) is 12.9. The van der Waals surface area contributed by atoms with Crippen LogP contribution in [0.1, 0.15) is 33.6 Å². The van der Waals surface area contributed by atoms with Gasteiger partial charge in [0, 0.05) is 13.1 Å². The SMILES string of the molecule is C#CC(C)(C)OC[C@H](O)CN1CCC[C@H](C)C1. The first kappa shape index (κ1) is 14.5. The molecule has 0 saturated carbocycles. The van der Waals surface area contributed by atoms with Gasteiger partial charge < -0.3 is 14.7 Å². The molecule has 0 bridgehead atoms. The number of ether oxygens (including phenoxy) is 1. The number of terminal acetylenes is 1. The van der Waals surface area contributed by atoms with Gasteiger partial charge in [0.15, 0.2) is 0 Å². The lowest BCUT2D eigenvalue weighted by molar-refractivity contribution is -0.0401. The molecule has 0 radical (unpaired) electrons. The third-order valence-corrected chi connectivity index (χ3v) is 3.19. The monoisotopic (exact) mass is 239 g/mol. The van der Waals surface area contributed by atoms with E-state index in [1.807, 2.05) is 13.8 Å². The van der Waals surface area contributed by atoms with Gasteiger partial charge in [0.1, 0.15) is 5.60 Å². The van der Waals surface area contributed by atoms with Crippen LogP contribution in [-0.4, -0.2) is 48.0 Å². The second-order valence-corrected chi connectivity index (χ2v) is 5.63. The third-order valence-electron chi connectivity index (χ3n) is 3.19. The van der Waals surface area contributed by atoms with Gasteiger partial charge in [0.05, 0.1) is 12.7 Å². The van der Waals surface area contributed by atoms with E-state index in [0.717, 1.165) is 19.0 Å². The minimum Gasteiger partial charge on any atom is -0.389 e. The van der Waals surface area contributed by atoms with Crippen molar-refractivity contribution in [2.45, 2.75) is 45.3 Å². The molecule has 0 amide bonds. The largest absolute Gasteiger partial charge is 0.389 e. The normalized spacial score (nSPS) is 24.3. The van der Waals surface area contributed by atoms with Gasteiger partial charge in [0.25, 0.3) is 0 Å². The van der Waals surface area contributed by atoms with Gasteiger partial charge in [-0.2, -0.15) is 0 Å². The quantitative estimate of drug-likeness (QED) is 0.738. The molecule has 0 spiro atoms. The number of hydrogen-bond donors (Lipinski definition) is 1. The van der Waals surface area contributed by atoms with Crippen LogP contribution in [0.4, 0.5) is 0 Å². The first-order valence-corrected chi connectivity index (χ1v) is 6.45. The number of piperidine rings is 1. The Labute approximate surface area is 105 Å². The first-order valence-electron chi connectivity index (χ1n) is 6.45. The molecule has 0 aliphatic carbocycles. The highest BCUT2D eigenvalue weighted by Crippen LogP contribution is 2.16. The summed E-state index contributed by atoms with van der Waals surface area (Å²) in [7, 11) is 0. The molecule has 0 aromatic heterocycles. The molecule has 3 heteroatoms. The number of hydrogen-bond acceptors (Lipinski definition) is 3. The highest BCUT2D eigenvalue weighted by Gasteiger charge is 2.21. The second kappa shape index (κ2) is 6.39. The highest BCUT2D eigenvalue weighted by molar-refractivity contribution is 5.02. The van der Waals surface area contributed by atoms with Crippen molar-refractivity contribution in [1.82, 2.24) is 4.90 Å². The van der Waals surface area contributed by atoms with Crippen molar-refractivity contribution in [1.29, 1.82) is 0 Å². The van der Waals surface area contributed by atoms with Gasteiger partial charge in [0.2, 0.25) is 0 Å². The molecule has 2 atom stereocenters. The van der Waals surface area contributed by atoms with Crippen LogP contribution in [0.3, 0.4) is 0 Å². The summed E-state index contributed by atoms with van der Waals surface area (Å²) >= 11 is 0. The van der Waals surface area contributed by atoms with Crippen LogP contribution in [0, 0.1) is 18.3 Å². The Hall–Kier alpha value is -0.560. The molecule has 1 aliphatic heterocycles. The average Bonchev–Trinajstić information content (AvgIpc) is 2.27. The Morgan fingerprint density at radius 1 is 1.59 bits per heavy atom. The number of aliphatic hydroxyl groups is 1. The Morgan fingerprint density at radius 3 is 2.88 bits per heavy atom. The summed E-state index contributed by atoms with van der Waals surface area (Å²) in [5.41, 5.74) is -0.587. The molecule has 1 saturated heterocycles. The average molecular weight is 239 g/mol. The van der Waals surface area contributed by atoms with E-state index in [9.17, 15) is 5.11 Å². The molecule has 0 aromatic carbocycles. The Kier molecular flexibility index (Phi) is 5.45. The maximum atomic E-state index is 9.91. The molecule has 3 nitrogen and oxygen atoms in total. The van der Waals surface area contributed by atoms with E-state index in [-0.39, 0.29) is 0 Å². The number of rotatable bonds is 5. The maximum Gasteiger partial charge on any atom is 0.122 e. The summed E-state index contributed by atoms with van der Waals surface area (Å²) in [6.07, 6.45) is 7.40. The van der Waals surface area contributed by atoms with Crippen molar-refractivity contribution in [3.05, 3.63) is 0 Å². The molecule has 0 unspecified atom stereocenters. The molecule has 1 N–H and O–H groups in total. The Bertz CT molecular complexity index is 270. The van der Waals surface area contributed by atoms with E-state index in [0.29, 0.717) is 13.2 Å². The van der Waals surface area contributed by atoms with Gasteiger partial charge in [-0.3, -0.25) is 0 Å². The maximum absolute atomic E-state index is 9.91. The van der Waals surface area contributed by atoms with Gasteiger partial charge in [-0.1, -0.05) is 12.8 Å². The van der Waals surface area contributed by atoms with Gasteiger partial charge >= 0.3 is 0 Å². The van der Waals surface area contributed by atoms with Crippen LogP contribution in [-0.2, 0) is 4.74 Å². The minimum absolute atomic E-state index is 0.308. The van der Waals surface area contributed by atoms with E-state index >= 15 is 0 Å². The van der Waals surface area contributed by atoms with Gasteiger partial charge in [-0.15, -0.1) is 6.42 Å². The van der Waals surface area contributed by atoms with Gasteiger partial charge in [-0.05, 0) is 39.2 Å². The van der Waals surface area contributed by atoms with Crippen molar-refractivity contribution in [2.75, 3.05) is 26.2 Å². The Balaban J connectivity index is 2.25. The second-order valence-electron chi connectivity index (χ2n) is 5.63. The molecule has 1 rings (SSSR count). The van der Waals surface area contributed by atoms with Crippen molar-refractivity contribution < 1.29 is 9.84 Å². The predicted molar refractivity (Wildman–Crippen MR) is 69.7 cm³/mol. The lowest BCUT2D eigenvalue weighted by Crippen LogP contribution is -2.41. The lowest BCUT2D eigenvalue weighted by atomic mass is 10.00. The minimum atomic E-state index is -0.587. The van der Waals surface area contributed by atoms with E-state index in [2.05, 4.69) is 17.7 Å². The molecular formula is C14H25NO2. The third kappa shape index (κ3) is 5.54. The fourth-order valence-electron chi connectivity index (χ4n) is 2.15. The smallest absolute Gasteiger partial charge is 0.122 e. The van der Waals surface area contributed by atoms with Crippen molar-refractivity contribution >= 4 is 0 Å². The zero-order valence-electron chi connectivity index (χ0n) is 11.3. The van der Waals surface area contributed by atoms with Crippen LogP contribution >= 0.6 is 0 Å². The number of likely N-dealkylation sites (tertiary alicyclic amines) is 1. The van der Waals surface area contributed by atoms with E-state index in [1.165, 1.54) is 12.8 Å². The van der Waals surface area contributed by atoms with E-state index in [1.54, 1.807) is 0 Å². The number of nitrogens with zero attached hydrogens (tertiary/aromatic N) is 1. The summed E-state index contributed by atoms with van der Waals surface area (Å²) in [5.74, 6) is 3.30. The summed E-state index contributed by atoms with van der Waals surface area (Å²) < 4.78 is 5.50. The lowest BCUT2D eigenvalue weighted by Gasteiger charge is -2.32. The Morgan fingerprint density at radius 2 is 2.29 bits per heavy atom. The molecule has 1 fully saturated rings. The van der Waals surface area contributed by atoms with Crippen molar-refractivity contribution in [3.8, 4) is 12.3 Å². The van der Waals surface area contributed by atoms with Gasteiger partial charge in [-0.25, -0.2) is 0 Å². The molecule has 17 heavy (non-hydrogen) atoms. The summed E-state index contributed by atoms with van der Waals surface area (Å²) in [6.45, 7) is 9.09. The zero-order valence-corrected chi connectivity index (χ0v) is 11.3. The molecule has 98 valence electrons. The molecular weight excluding hydrogens is 214 g/mol. The van der Waals surface area contributed by atoms with Crippen LogP contribution in [0.2, 0.25) is 0 Å². The van der Waals surface area contributed by atoms with Crippen LogP contribution in [0.15, 0.2) is 0 Å². The van der Waals surface area contributed by atoms with Crippen molar-refractivity contribution in [2.24, 2.45) is 5.92 Å². The summed E-state index contributed by atoms with van der Waals surface area (Å²) in [4.78, 5) is 2.31. The summed E-state index contributed by atoms with van der Waals surface area (Å²) in [6, 6.07) is 0. The first-order chi connectivity index (χ1) is 7.93. The standard InChI is InChI=1S/C14H25NO2/c1-5-14(3,4)17-11-13(16)10-15-8-6-7-12(2)9-15/h1,12-13,16H,6-11H2,2-4H3/t12-,13+/m0/s1. The van der Waals surface area contributed by atoms with E-state index < -0.39 is 11.7 Å². The van der Waals surface area contributed by atoms with Crippen molar-refractivity contribution in [3.63, 3.8) is 0 Å². The predicted octanol–water partition coefficient (Wildman–Crippen LogP) is 1.51. The van der Waals surface area contributed by atoms with Crippen LogP contribution in [0.5, 0.6) is 0 Å². The summed E-state index contributed by atoms with van der Waals surface area (Å²) in [5, 5.41) is 9.91. The molecule has 0 aromatic rings. The number of β-amino-alcohol motifs (C(OH)–C–C–N with tert-alkyl or cyclic N) is 1. The number of aliphatic hydroxyl groups excluding tert-OH is 1. The fraction of sp³-hybridized carbons (Fsp3) is 0.857. The topological polar surface area (TPSA) is 32.7 Å². The van der Waals surface area contributed by atoms with Crippen LogP contribution < -0.4 is 0 Å².